The third kappa shape index (κ3) is 10.2. The average molecular weight is 601 g/mol. The lowest BCUT2D eigenvalue weighted by Gasteiger charge is -2.31. The van der Waals surface area contributed by atoms with Gasteiger partial charge in [0.25, 0.3) is 0 Å². The Kier molecular flexibility index (Phi) is 12.9. The summed E-state index contributed by atoms with van der Waals surface area (Å²) in [5, 5.41) is 3.68. The van der Waals surface area contributed by atoms with Crippen LogP contribution in [0.2, 0.25) is 10.0 Å². The predicted molar refractivity (Wildman–Crippen MR) is 158 cm³/mol. The van der Waals surface area contributed by atoms with Crippen LogP contribution in [0.15, 0.2) is 42.5 Å². The normalized spacial score (nSPS) is 12.2. The van der Waals surface area contributed by atoms with E-state index in [1.165, 1.54) is 9.21 Å². The zero-order chi connectivity index (χ0) is 29.2. The van der Waals surface area contributed by atoms with E-state index >= 15 is 0 Å². The maximum atomic E-state index is 13.5. The smallest absolute Gasteiger partial charge is 0.242 e. The zero-order valence-corrected chi connectivity index (χ0v) is 25.6. The number of rotatable bonds is 15. The van der Waals surface area contributed by atoms with Gasteiger partial charge in [-0.1, -0.05) is 50.0 Å². The first kappa shape index (κ1) is 32.7. The fourth-order valence-corrected chi connectivity index (χ4v) is 5.34. The van der Waals surface area contributed by atoms with Gasteiger partial charge in [0, 0.05) is 26.1 Å². The molecular weight excluding hydrogens is 561 g/mol. The summed E-state index contributed by atoms with van der Waals surface area (Å²) >= 11 is 12.3. The van der Waals surface area contributed by atoms with Crippen LogP contribution in [-0.4, -0.2) is 57.1 Å². The molecule has 0 spiro atoms. The molecule has 0 aliphatic carbocycles. The highest BCUT2D eigenvalue weighted by Gasteiger charge is 2.29. The molecule has 0 radical (unpaired) electrons. The first-order chi connectivity index (χ1) is 18.4. The fraction of sp³-hybridized carbons (Fsp3) is 0.500. The van der Waals surface area contributed by atoms with Gasteiger partial charge in [0.15, 0.2) is 0 Å². The molecule has 1 atom stereocenters. The molecule has 0 aliphatic heterocycles. The van der Waals surface area contributed by atoms with Gasteiger partial charge < -0.3 is 15.0 Å². The maximum absolute atomic E-state index is 13.5. The van der Waals surface area contributed by atoms with Gasteiger partial charge in [-0.2, -0.15) is 0 Å². The highest BCUT2D eigenvalue weighted by atomic mass is 35.5. The lowest BCUT2D eigenvalue weighted by Crippen LogP contribution is -2.49. The lowest BCUT2D eigenvalue weighted by molar-refractivity contribution is -0.141. The fourth-order valence-electron chi connectivity index (χ4n) is 4.06. The summed E-state index contributed by atoms with van der Waals surface area (Å²) in [5.41, 5.74) is 1.22. The summed E-state index contributed by atoms with van der Waals surface area (Å²) < 4.78 is 31.8. The first-order valence-electron chi connectivity index (χ1n) is 13.1. The number of halogens is 2. The second-order valence-electron chi connectivity index (χ2n) is 9.70. The number of carbonyl (C=O) groups is 2. The third-order valence-corrected chi connectivity index (χ3v) is 7.93. The number of anilines is 1. The van der Waals surface area contributed by atoms with E-state index in [0.717, 1.165) is 11.8 Å². The van der Waals surface area contributed by atoms with Crippen molar-refractivity contribution >= 4 is 50.7 Å². The van der Waals surface area contributed by atoms with Crippen LogP contribution >= 0.6 is 23.2 Å². The standard InChI is InChI=1S/C28H39Cl2N3O5S/c1-6-26(28(35)31-18-20(3)4)32(19-21-10-15-24(29)25(30)17-21)27(34)9-8-16-33(39(5,36)37)22-11-13-23(14-12-22)38-7-2/h10-15,17,20,26H,6-9,16,18-19H2,1-5H3,(H,31,35)/t26-/m0/s1. The maximum Gasteiger partial charge on any atom is 0.242 e. The van der Waals surface area contributed by atoms with Crippen molar-refractivity contribution in [2.45, 2.75) is 59.5 Å². The van der Waals surface area contributed by atoms with Crippen LogP contribution in [0.1, 0.15) is 52.5 Å². The van der Waals surface area contributed by atoms with Gasteiger partial charge in [0.05, 0.1) is 28.6 Å². The molecule has 0 fully saturated rings. The predicted octanol–water partition coefficient (Wildman–Crippen LogP) is 5.52. The number of sulfonamides is 1. The van der Waals surface area contributed by atoms with Gasteiger partial charge in [0.2, 0.25) is 21.8 Å². The Hall–Kier alpha value is -2.49. The Morgan fingerprint density at radius 2 is 1.69 bits per heavy atom. The molecule has 0 saturated carbocycles. The minimum atomic E-state index is -3.59. The Bertz CT molecular complexity index is 1210. The molecular formula is C28H39Cl2N3O5S. The van der Waals surface area contributed by atoms with Crippen LogP contribution in [0, 0.1) is 5.92 Å². The van der Waals surface area contributed by atoms with Gasteiger partial charge in [-0.25, -0.2) is 8.42 Å². The van der Waals surface area contributed by atoms with Crippen LogP contribution < -0.4 is 14.4 Å². The summed E-state index contributed by atoms with van der Waals surface area (Å²) in [6.45, 7) is 8.99. The Morgan fingerprint density at radius 1 is 1.03 bits per heavy atom. The highest BCUT2D eigenvalue weighted by Crippen LogP contribution is 2.25. The van der Waals surface area contributed by atoms with Crippen molar-refractivity contribution in [1.82, 2.24) is 10.2 Å². The number of hydrogen-bond donors (Lipinski definition) is 1. The van der Waals surface area contributed by atoms with E-state index in [-0.39, 0.29) is 43.7 Å². The van der Waals surface area contributed by atoms with E-state index in [4.69, 9.17) is 27.9 Å². The molecule has 11 heteroatoms. The van der Waals surface area contributed by atoms with Crippen LogP contribution in [0.5, 0.6) is 5.75 Å². The van der Waals surface area contributed by atoms with E-state index in [9.17, 15) is 18.0 Å². The number of nitrogens with one attached hydrogen (secondary N) is 1. The largest absolute Gasteiger partial charge is 0.494 e. The summed E-state index contributed by atoms with van der Waals surface area (Å²) in [6, 6.07) is 11.2. The molecule has 0 saturated heterocycles. The molecule has 0 heterocycles. The Labute approximate surface area is 242 Å². The molecule has 2 amide bonds. The second-order valence-corrected chi connectivity index (χ2v) is 12.4. The van der Waals surface area contributed by atoms with Crippen LogP contribution in [0.4, 0.5) is 5.69 Å². The molecule has 0 bridgehead atoms. The topological polar surface area (TPSA) is 96.0 Å². The van der Waals surface area contributed by atoms with Crippen molar-refractivity contribution in [2.24, 2.45) is 5.92 Å². The number of nitrogens with zero attached hydrogens (tertiary/aromatic N) is 2. The summed E-state index contributed by atoms with van der Waals surface area (Å²) in [5.74, 6) is 0.416. The van der Waals surface area contributed by atoms with Gasteiger partial charge >= 0.3 is 0 Å². The van der Waals surface area contributed by atoms with Gasteiger partial charge in [-0.05, 0) is 67.6 Å². The van der Waals surface area contributed by atoms with E-state index in [1.54, 1.807) is 42.5 Å². The van der Waals surface area contributed by atoms with Crippen molar-refractivity contribution in [3.63, 3.8) is 0 Å². The highest BCUT2D eigenvalue weighted by molar-refractivity contribution is 7.92. The minimum absolute atomic E-state index is 0.0539. The van der Waals surface area contributed by atoms with Crippen molar-refractivity contribution in [3.8, 4) is 5.75 Å². The first-order valence-corrected chi connectivity index (χ1v) is 15.7. The summed E-state index contributed by atoms with van der Waals surface area (Å²) in [6.07, 6.45) is 1.87. The van der Waals surface area contributed by atoms with E-state index < -0.39 is 16.1 Å². The van der Waals surface area contributed by atoms with E-state index in [0.29, 0.717) is 41.1 Å². The van der Waals surface area contributed by atoms with Gasteiger partial charge in [0.1, 0.15) is 11.8 Å². The monoisotopic (exact) mass is 599 g/mol. The van der Waals surface area contributed by atoms with Gasteiger partial charge in [-0.15, -0.1) is 0 Å². The van der Waals surface area contributed by atoms with Crippen LogP contribution in [0.3, 0.4) is 0 Å². The molecule has 2 aromatic carbocycles. The van der Waals surface area contributed by atoms with E-state index in [2.05, 4.69) is 5.32 Å². The zero-order valence-electron chi connectivity index (χ0n) is 23.2. The number of benzene rings is 2. The van der Waals surface area contributed by atoms with Crippen molar-refractivity contribution in [1.29, 1.82) is 0 Å². The molecule has 0 aromatic heterocycles. The lowest BCUT2D eigenvalue weighted by atomic mass is 10.1. The molecule has 39 heavy (non-hydrogen) atoms. The Morgan fingerprint density at radius 3 is 2.23 bits per heavy atom. The SMILES string of the molecule is CCOc1ccc(N(CCCC(=O)N(Cc2ccc(Cl)c(Cl)c2)[C@@H](CC)C(=O)NCC(C)C)S(C)(=O)=O)cc1. The number of ether oxygens (including phenoxy) is 1. The van der Waals surface area contributed by atoms with E-state index in [1.807, 2.05) is 27.7 Å². The van der Waals surface area contributed by atoms with Crippen molar-refractivity contribution in [3.05, 3.63) is 58.1 Å². The Balaban J connectivity index is 2.22. The number of hydrogen-bond acceptors (Lipinski definition) is 5. The quantitative estimate of drug-likeness (QED) is 0.291. The van der Waals surface area contributed by atoms with Crippen LogP contribution in [-0.2, 0) is 26.2 Å². The molecule has 216 valence electrons. The van der Waals surface area contributed by atoms with Crippen LogP contribution in [0.25, 0.3) is 0 Å². The number of carbonyl (C=O) groups excluding carboxylic acids is 2. The molecule has 0 aliphatic rings. The van der Waals surface area contributed by atoms with Gasteiger partial charge in [-0.3, -0.25) is 13.9 Å². The molecule has 1 N–H and O–H groups in total. The summed E-state index contributed by atoms with van der Waals surface area (Å²) in [7, 11) is -3.59. The number of amides is 2. The molecule has 0 unspecified atom stereocenters. The molecule has 8 nitrogen and oxygen atoms in total. The summed E-state index contributed by atoms with van der Waals surface area (Å²) in [4.78, 5) is 28.1. The van der Waals surface area contributed by atoms with Crippen molar-refractivity contribution in [2.75, 3.05) is 30.3 Å². The van der Waals surface area contributed by atoms with Crippen molar-refractivity contribution < 1.29 is 22.7 Å². The minimum Gasteiger partial charge on any atom is -0.494 e. The average Bonchev–Trinajstić information content (AvgIpc) is 2.87. The molecule has 2 rings (SSSR count). The second kappa shape index (κ2) is 15.3. The third-order valence-electron chi connectivity index (χ3n) is 6.00. The molecule has 2 aromatic rings.